The van der Waals surface area contributed by atoms with Crippen molar-refractivity contribution >= 4 is 10.0 Å². The fraction of sp³-hybridized carbons (Fsp3) is 0.357. The smallest absolute Gasteiger partial charge is 0.242 e. The minimum atomic E-state index is -3.64. The maximum atomic E-state index is 12.3. The Kier molecular flexibility index (Phi) is 4.46. The first-order valence-corrected chi connectivity index (χ1v) is 8.06. The molecule has 2 aromatic heterocycles. The van der Waals surface area contributed by atoms with Gasteiger partial charge in [-0.2, -0.15) is 0 Å². The van der Waals surface area contributed by atoms with Gasteiger partial charge in [0.2, 0.25) is 10.0 Å². The van der Waals surface area contributed by atoms with Gasteiger partial charge in [-0.3, -0.25) is 4.98 Å². The van der Waals surface area contributed by atoms with Crippen LogP contribution in [0.5, 0.6) is 0 Å². The molecule has 114 valence electrons. The molecule has 0 radical (unpaired) electrons. The summed E-state index contributed by atoms with van der Waals surface area (Å²) in [5, 5.41) is 0. The van der Waals surface area contributed by atoms with E-state index < -0.39 is 10.0 Å². The van der Waals surface area contributed by atoms with Crippen LogP contribution in [0.3, 0.4) is 0 Å². The monoisotopic (exact) mass is 309 g/mol. The minimum absolute atomic E-state index is 0.115. The molecule has 3 N–H and O–H groups in total. The van der Waals surface area contributed by atoms with Crippen molar-refractivity contribution in [3.8, 4) is 0 Å². The normalized spacial score (nSPS) is 13.3. The quantitative estimate of drug-likeness (QED) is 0.877. The van der Waals surface area contributed by atoms with Gasteiger partial charge in [-0.1, -0.05) is 0 Å². The zero-order chi connectivity index (χ0) is 15.6. The molecule has 0 saturated heterocycles. The Hall–Kier alpha value is -1.70. The maximum absolute atomic E-state index is 12.3. The summed E-state index contributed by atoms with van der Waals surface area (Å²) < 4.78 is 32.7. The average molecular weight is 309 g/mol. The lowest BCUT2D eigenvalue weighted by atomic mass is 10.1. The number of pyridine rings is 1. The summed E-state index contributed by atoms with van der Waals surface area (Å²) in [6.45, 7) is 5.69. The Morgan fingerprint density at radius 3 is 2.57 bits per heavy atom. The first-order chi connectivity index (χ1) is 9.83. The number of aryl methyl sites for hydroxylation is 2. The van der Waals surface area contributed by atoms with E-state index in [-0.39, 0.29) is 17.5 Å². The van der Waals surface area contributed by atoms with Crippen LogP contribution in [0.4, 0.5) is 0 Å². The molecule has 0 amide bonds. The predicted octanol–water partition coefficient (Wildman–Crippen LogP) is 1.79. The molecule has 0 saturated carbocycles. The number of sulfonamides is 1. The Balaban J connectivity index is 2.22. The summed E-state index contributed by atoms with van der Waals surface area (Å²) in [4.78, 5) is 4.12. The summed E-state index contributed by atoms with van der Waals surface area (Å²) in [7, 11) is -3.64. The topological polar surface area (TPSA) is 98.2 Å². The van der Waals surface area contributed by atoms with E-state index in [1.165, 1.54) is 12.3 Å². The van der Waals surface area contributed by atoms with Crippen LogP contribution in [0, 0.1) is 13.8 Å². The lowest BCUT2D eigenvalue weighted by Gasteiger charge is -2.13. The Morgan fingerprint density at radius 2 is 2.10 bits per heavy atom. The number of nitrogens with one attached hydrogen (secondary N) is 1. The first-order valence-electron chi connectivity index (χ1n) is 6.57. The molecule has 0 spiro atoms. The van der Waals surface area contributed by atoms with E-state index in [2.05, 4.69) is 9.71 Å². The standard InChI is InChI=1S/C14H19N3O3S/c1-9-6-14(11(3)20-9)10(2)17-21(18,19)13-5-4-12(7-15)16-8-13/h4-6,8,10,17H,7,15H2,1-3H3. The lowest BCUT2D eigenvalue weighted by Crippen LogP contribution is -2.27. The molecule has 1 unspecified atom stereocenters. The van der Waals surface area contributed by atoms with Gasteiger partial charge < -0.3 is 10.2 Å². The molecule has 0 aromatic carbocycles. The molecule has 21 heavy (non-hydrogen) atoms. The van der Waals surface area contributed by atoms with Crippen LogP contribution in [-0.2, 0) is 16.6 Å². The third kappa shape index (κ3) is 3.49. The molecule has 0 fully saturated rings. The third-order valence-electron chi connectivity index (χ3n) is 3.19. The molecule has 2 heterocycles. The van der Waals surface area contributed by atoms with Gasteiger partial charge in [0, 0.05) is 24.3 Å². The van der Waals surface area contributed by atoms with Crippen LogP contribution >= 0.6 is 0 Å². The van der Waals surface area contributed by atoms with Gasteiger partial charge in [0.15, 0.2) is 0 Å². The number of rotatable bonds is 5. The van der Waals surface area contributed by atoms with Crippen LogP contribution < -0.4 is 10.5 Å². The number of nitrogens with zero attached hydrogens (tertiary/aromatic N) is 1. The van der Waals surface area contributed by atoms with Gasteiger partial charge in [-0.25, -0.2) is 13.1 Å². The molecule has 2 rings (SSSR count). The van der Waals surface area contributed by atoms with Gasteiger partial charge in [-0.15, -0.1) is 0 Å². The molecular formula is C14H19N3O3S. The average Bonchev–Trinajstić information content (AvgIpc) is 2.77. The fourth-order valence-corrected chi connectivity index (χ4v) is 3.30. The van der Waals surface area contributed by atoms with Crippen LogP contribution in [0.2, 0.25) is 0 Å². The maximum Gasteiger partial charge on any atom is 0.242 e. The lowest BCUT2D eigenvalue weighted by molar-refractivity contribution is 0.496. The van der Waals surface area contributed by atoms with Crippen LogP contribution in [0.25, 0.3) is 0 Å². The largest absolute Gasteiger partial charge is 0.466 e. The highest BCUT2D eigenvalue weighted by Gasteiger charge is 2.21. The second kappa shape index (κ2) is 5.97. The van der Waals surface area contributed by atoms with E-state index in [1.54, 1.807) is 13.0 Å². The highest BCUT2D eigenvalue weighted by Crippen LogP contribution is 2.23. The van der Waals surface area contributed by atoms with Gasteiger partial charge in [-0.05, 0) is 39.0 Å². The highest BCUT2D eigenvalue weighted by molar-refractivity contribution is 7.89. The van der Waals surface area contributed by atoms with Crippen LogP contribution in [0.1, 0.15) is 35.7 Å². The minimum Gasteiger partial charge on any atom is -0.466 e. The zero-order valence-electron chi connectivity index (χ0n) is 12.3. The summed E-state index contributed by atoms with van der Waals surface area (Å²) in [5.41, 5.74) is 6.91. The number of furan rings is 1. The van der Waals surface area contributed by atoms with E-state index in [4.69, 9.17) is 10.2 Å². The molecule has 2 aromatic rings. The molecule has 7 heteroatoms. The summed E-state index contributed by atoms with van der Waals surface area (Å²) in [5.74, 6) is 1.46. The summed E-state index contributed by atoms with van der Waals surface area (Å²) in [6, 6.07) is 4.55. The van der Waals surface area contributed by atoms with Gasteiger partial charge >= 0.3 is 0 Å². The molecule has 6 nitrogen and oxygen atoms in total. The second-order valence-corrected chi connectivity index (χ2v) is 6.61. The van der Waals surface area contributed by atoms with E-state index in [0.29, 0.717) is 11.5 Å². The number of nitrogens with two attached hydrogens (primary N) is 1. The first kappa shape index (κ1) is 15.7. The Bertz CT molecular complexity index is 720. The van der Waals surface area contributed by atoms with E-state index in [9.17, 15) is 8.42 Å². The van der Waals surface area contributed by atoms with Gasteiger partial charge in [0.1, 0.15) is 16.4 Å². The van der Waals surface area contributed by atoms with Crippen molar-refractivity contribution in [1.82, 2.24) is 9.71 Å². The highest BCUT2D eigenvalue weighted by atomic mass is 32.2. The van der Waals surface area contributed by atoms with Crippen molar-refractivity contribution < 1.29 is 12.8 Å². The molecule has 0 bridgehead atoms. The zero-order valence-corrected chi connectivity index (χ0v) is 13.1. The number of hydrogen-bond donors (Lipinski definition) is 2. The van der Waals surface area contributed by atoms with Crippen molar-refractivity contribution in [2.45, 2.75) is 38.3 Å². The molecular weight excluding hydrogens is 290 g/mol. The van der Waals surface area contributed by atoms with Gasteiger partial charge in [0.05, 0.1) is 5.69 Å². The van der Waals surface area contributed by atoms with E-state index in [0.717, 1.165) is 11.3 Å². The molecule has 0 aliphatic heterocycles. The van der Waals surface area contributed by atoms with E-state index in [1.807, 2.05) is 19.9 Å². The van der Waals surface area contributed by atoms with E-state index >= 15 is 0 Å². The van der Waals surface area contributed by atoms with Crippen molar-refractivity contribution in [3.05, 3.63) is 47.2 Å². The summed E-state index contributed by atoms with van der Waals surface area (Å²) in [6.07, 6.45) is 1.31. The molecule has 0 aliphatic carbocycles. The van der Waals surface area contributed by atoms with Crippen molar-refractivity contribution in [3.63, 3.8) is 0 Å². The van der Waals surface area contributed by atoms with Gasteiger partial charge in [0.25, 0.3) is 0 Å². The molecule has 0 aliphatic rings. The SMILES string of the molecule is Cc1cc(C(C)NS(=O)(=O)c2ccc(CN)nc2)c(C)o1. The Morgan fingerprint density at radius 1 is 1.38 bits per heavy atom. The van der Waals surface area contributed by atoms with Crippen molar-refractivity contribution in [2.75, 3.05) is 0 Å². The third-order valence-corrected chi connectivity index (χ3v) is 4.72. The summed E-state index contributed by atoms with van der Waals surface area (Å²) >= 11 is 0. The Labute approximate surface area is 124 Å². The van der Waals surface area contributed by atoms with Crippen molar-refractivity contribution in [1.29, 1.82) is 0 Å². The molecule has 1 atom stereocenters. The number of hydrogen-bond acceptors (Lipinski definition) is 5. The fourth-order valence-electron chi connectivity index (χ4n) is 2.14. The number of aromatic nitrogens is 1. The predicted molar refractivity (Wildman–Crippen MR) is 79.0 cm³/mol. The van der Waals surface area contributed by atoms with Crippen molar-refractivity contribution in [2.24, 2.45) is 5.73 Å². The second-order valence-electron chi connectivity index (χ2n) is 4.90. The van der Waals surface area contributed by atoms with Crippen LogP contribution in [0.15, 0.2) is 33.7 Å². The van der Waals surface area contributed by atoms with Crippen LogP contribution in [-0.4, -0.2) is 13.4 Å².